The first-order chi connectivity index (χ1) is 9.77. The maximum atomic E-state index is 13.4. The zero-order chi connectivity index (χ0) is 13.8. The molecule has 20 heavy (non-hydrogen) atoms. The van der Waals surface area contributed by atoms with Gasteiger partial charge in [0, 0.05) is 32.5 Å². The molecule has 0 aromatic heterocycles. The van der Waals surface area contributed by atoms with E-state index < -0.39 is 0 Å². The van der Waals surface area contributed by atoms with Gasteiger partial charge < -0.3 is 14.2 Å². The third kappa shape index (κ3) is 3.11. The number of halogens is 1. The Kier molecular flexibility index (Phi) is 4.19. The van der Waals surface area contributed by atoms with Gasteiger partial charge in [-0.3, -0.25) is 4.90 Å². The second kappa shape index (κ2) is 6.08. The first kappa shape index (κ1) is 13.8. The largest absolute Gasteiger partial charge is 0.489 e. The molecule has 2 aliphatic rings. The molecule has 2 saturated heterocycles. The summed E-state index contributed by atoms with van der Waals surface area (Å²) >= 11 is 0. The van der Waals surface area contributed by atoms with Gasteiger partial charge in [-0.15, -0.1) is 0 Å². The summed E-state index contributed by atoms with van der Waals surface area (Å²) in [5.41, 5.74) is 0. The molecule has 3 rings (SSSR count). The Morgan fingerprint density at radius 1 is 1.15 bits per heavy atom. The van der Waals surface area contributed by atoms with E-state index >= 15 is 0 Å². The van der Waals surface area contributed by atoms with Crippen LogP contribution in [0, 0.1) is 5.82 Å². The van der Waals surface area contributed by atoms with Crippen LogP contribution >= 0.6 is 0 Å². The van der Waals surface area contributed by atoms with Crippen molar-refractivity contribution in [1.29, 1.82) is 0 Å². The Labute approximate surface area is 118 Å². The van der Waals surface area contributed by atoms with Crippen molar-refractivity contribution >= 4 is 0 Å². The predicted molar refractivity (Wildman–Crippen MR) is 72.2 cm³/mol. The SMILES string of the molecule is Fc1ccccc1OCCN1CCC2(CC1)OCCO2. The molecule has 0 aliphatic carbocycles. The van der Waals surface area contributed by atoms with Crippen molar-refractivity contribution < 1.29 is 18.6 Å². The minimum atomic E-state index is -0.330. The summed E-state index contributed by atoms with van der Waals surface area (Å²) in [6.45, 7) is 4.56. The van der Waals surface area contributed by atoms with E-state index in [0.29, 0.717) is 25.6 Å². The van der Waals surface area contributed by atoms with Crippen LogP contribution in [0.4, 0.5) is 4.39 Å². The van der Waals surface area contributed by atoms with Gasteiger partial charge >= 0.3 is 0 Å². The molecule has 0 bridgehead atoms. The van der Waals surface area contributed by atoms with Crippen molar-refractivity contribution in [2.24, 2.45) is 0 Å². The monoisotopic (exact) mass is 281 g/mol. The summed E-state index contributed by atoms with van der Waals surface area (Å²) in [5, 5.41) is 0. The van der Waals surface area contributed by atoms with Gasteiger partial charge in [-0.1, -0.05) is 12.1 Å². The maximum absolute atomic E-state index is 13.4. The molecule has 2 heterocycles. The molecule has 0 saturated carbocycles. The molecule has 110 valence electrons. The lowest BCUT2D eigenvalue weighted by molar-refractivity contribution is -0.185. The van der Waals surface area contributed by atoms with Gasteiger partial charge in [-0.25, -0.2) is 4.39 Å². The third-order valence-corrected chi connectivity index (χ3v) is 3.93. The van der Waals surface area contributed by atoms with E-state index in [1.807, 2.05) is 0 Å². The molecular weight excluding hydrogens is 261 g/mol. The van der Waals surface area contributed by atoms with Gasteiger partial charge in [0.2, 0.25) is 0 Å². The third-order valence-electron chi connectivity index (χ3n) is 3.93. The number of benzene rings is 1. The lowest BCUT2D eigenvalue weighted by atomic mass is 10.0. The van der Waals surface area contributed by atoms with E-state index in [1.54, 1.807) is 18.2 Å². The van der Waals surface area contributed by atoms with Crippen molar-refractivity contribution in [3.05, 3.63) is 30.1 Å². The summed E-state index contributed by atoms with van der Waals surface area (Å²) in [4.78, 5) is 2.30. The van der Waals surface area contributed by atoms with Crippen LogP contribution in [0.25, 0.3) is 0 Å². The lowest BCUT2D eigenvalue weighted by Crippen LogP contribution is -2.46. The quantitative estimate of drug-likeness (QED) is 0.845. The molecule has 1 aromatic rings. The van der Waals surface area contributed by atoms with Gasteiger partial charge in [0.1, 0.15) is 6.61 Å². The van der Waals surface area contributed by atoms with E-state index in [4.69, 9.17) is 14.2 Å². The fourth-order valence-electron chi connectivity index (χ4n) is 2.75. The molecule has 0 amide bonds. The lowest BCUT2D eigenvalue weighted by Gasteiger charge is -2.37. The Morgan fingerprint density at radius 2 is 1.85 bits per heavy atom. The highest BCUT2D eigenvalue weighted by atomic mass is 19.1. The first-order valence-electron chi connectivity index (χ1n) is 7.15. The van der Waals surface area contributed by atoms with Gasteiger partial charge in [0.05, 0.1) is 13.2 Å². The minimum Gasteiger partial charge on any atom is -0.489 e. The number of piperidine rings is 1. The van der Waals surface area contributed by atoms with Crippen LogP contribution < -0.4 is 4.74 Å². The van der Waals surface area contributed by atoms with Gasteiger partial charge in [-0.05, 0) is 12.1 Å². The molecular formula is C15H20FNO3. The molecule has 0 unspecified atom stereocenters. The molecule has 1 spiro atoms. The molecule has 2 aliphatic heterocycles. The predicted octanol–water partition coefficient (Wildman–Crippen LogP) is 2.04. The zero-order valence-electron chi connectivity index (χ0n) is 11.5. The summed E-state index contributed by atoms with van der Waals surface area (Å²) in [6.07, 6.45) is 1.79. The Hall–Kier alpha value is -1.17. The number of likely N-dealkylation sites (tertiary alicyclic amines) is 1. The first-order valence-corrected chi connectivity index (χ1v) is 7.15. The molecule has 0 atom stereocenters. The summed E-state index contributed by atoms with van der Waals surface area (Å²) < 4.78 is 30.2. The number of hydrogen-bond acceptors (Lipinski definition) is 4. The zero-order valence-corrected chi connectivity index (χ0v) is 11.5. The van der Waals surface area contributed by atoms with Crippen LogP contribution in [0.2, 0.25) is 0 Å². The van der Waals surface area contributed by atoms with E-state index in [-0.39, 0.29) is 11.6 Å². The van der Waals surface area contributed by atoms with E-state index in [0.717, 1.165) is 32.5 Å². The Balaban J connectivity index is 1.41. The summed E-state index contributed by atoms with van der Waals surface area (Å²) in [7, 11) is 0. The number of para-hydroxylation sites is 1. The van der Waals surface area contributed by atoms with Gasteiger partial charge in [-0.2, -0.15) is 0 Å². The van der Waals surface area contributed by atoms with Gasteiger partial charge in [0.25, 0.3) is 0 Å². The van der Waals surface area contributed by atoms with Crippen LogP contribution in [-0.2, 0) is 9.47 Å². The highest BCUT2D eigenvalue weighted by Gasteiger charge is 2.39. The second-order valence-electron chi connectivity index (χ2n) is 5.23. The van der Waals surface area contributed by atoms with Crippen LogP contribution in [0.15, 0.2) is 24.3 Å². The van der Waals surface area contributed by atoms with E-state index in [9.17, 15) is 4.39 Å². The molecule has 4 nitrogen and oxygen atoms in total. The second-order valence-corrected chi connectivity index (χ2v) is 5.23. The van der Waals surface area contributed by atoms with Crippen LogP contribution in [-0.4, -0.2) is 50.1 Å². The number of rotatable bonds is 4. The molecule has 1 aromatic carbocycles. The van der Waals surface area contributed by atoms with Crippen molar-refractivity contribution in [2.45, 2.75) is 18.6 Å². The van der Waals surface area contributed by atoms with Crippen molar-refractivity contribution in [3.63, 3.8) is 0 Å². The fourth-order valence-corrected chi connectivity index (χ4v) is 2.75. The topological polar surface area (TPSA) is 30.9 Å². The van der Waals surface area contributed by atoms with E-state index in [2.05, 4.69) is 4.90 Å². The highest BCUT2D eigenvalue weighted by molar-refractivity contribution is 5.23. The number of ether oxygens (including phenoxy) is 3. The van der Waals surface area contributed by atoms with Crippen molar-refractivity contribution in [3.8, 4) is 5.75 Å². The van der Waals surface area contributed by atoms with Crippen LogP contribution in [0.1, 0.15) is 12.8 Å². The Morgan fingerprint density at radius 3 is 2.55 bits per heavy atom. The smallest absolute Gasteiger partial charge is 0.170 e. The van der Waals surface area contributed by atoms with Crippen molar-refractivity contribution in [2.75, 3.05) is 39.5 Å². The number of nitrogens with zero attached hydrogens (tertiary/aromatic N) is 1. The van der Waals surface area contributed by atoms with Crippen LogP contribution in [0.5, 0.6) is 5.75 Å². The molecule has 0 radical (unpaired) electrons. The maximum Gasteiger partial charge on any atom is 0.170 e. The number of hydrogen-bond donors (Lipinski definition) is 0. The minimum absolute atomic E-state index is 0.308. The Bertz CT molecular complexity index is 438. The standard InChI is InChI=1S/C15H20FNO3/c16-13-3-1-2-4-14(13)18-10-9-17-7-5-15(6-8-17)19-11-12-20-15/h1-4H,5-12H2. The van der Waals surface area contributed by atoms with E-state index in [1.165, 1.54) is 6.07 Å². The normalized spacial score (nSPS) is 22.2. The van der Waals surface area contributed by atoms with Crippen molar-refractivity contribution in [1.82, 2.24) is 4.90 Å². The summed E-state index contributed by atoms with van der Waals surface area (Å²) in [6, 6.07) is 6.50. The molecule has 5 heteroatoms. The fraction of sp³-hybridized carbons (Fsp3) is 0.600. The molecule has 0 N–H and O–H groups in total. The average molecular weight is 281 g/mol. The summed E-state index contributed by atoms with van der Waals surface area (Å²) in [5.74, 6) is -0.315. The highest BCUT2D eigenvalue weighted by Crippen LogP contribution is 2.31. The van der Waals surface area contributed by atoms with Crippen LogP contribution in [0.3, 0.4) is 0 Å². The average Bonchev–Trinajstić information content (AvgIpc) is 2.92. The molecule has 2 fully saturated rings. The van der Waals surface area contributed by atoms with Gasteiger partial charge in [0.15, 0.2) is 17.4 Å².